The molecule has 0 aliphatic carbocycles. The van der Waals surface area contributed by atoms with Crippen LogP contribution in [-0.2, 0) is 24.1 Å². The lowest BCUT2D eigenvalue weighted by molar-refractivity contribution is 0.0746. The Balaban J connectivity index is 1.51. The predicted molar refractivity (Wildman–Crippen MR) is 137 cm³/mol. The Labute approximate surface area is 207 Å². The van der Waals surface area contributed by atoms with Gasteiger partial charge in [0.05, 0.1) is 19.5 Å². The van der Waals surface area contributed by atoms with Crippen molar-refractivity contribution in [2.24, 2.45) is 5.92 Å². The fourth-order valence-corrected chi connectivity index (χ4v) is 4.41. The number of aromatic amines is 1. The number of benzene rings is 2. The summed E-state index contributed by atoms with van der Waals surface area (Å²) >= 11 is 0. The molecule has 4 rings (SSSR count). The Morgan fingerprint density at radius 2 is 2.03 bits per heavy atom. The number of aromatic nitrogens is 2. The number of carbonyl (C=O) groups excluding carboxylic acids is 1. The van der Waals surface area contributed by atoms with Crippen LogP contribution in [0.1, 0.15) is 46.6 Å². The molecule has 2 bridgehead atoms. The number of carbonyl (C=O) groups is 1. The van der Waals surface area contributed by atoms with E-state index in [4.69, 9.17) is 9.47 Å². The molecule has 7 heteroatoms. The molecule has 2 N–H and O–H groups in total. The van der Waals surface area contributed by atoms with E-state index in [1.54, 1.807) is 12.5 Å². The monoisotopic (exact) mass is 476 g/mol. The van der Waals surface area contributed by atoms with Crippen molar-refractivity contribution in [3.63, 3.8) is 0 Å². The SMILES string of the molecule is CC(C)CN1CCOCCOc2ccc(C(=O)NCCc3cnc[nH]3)cc2Cc2cccc(c2)C1. The predicted octanol–water partition coefficient (Wildman–Crippen LogP) is 3.84. The molecule has 186 valence electrons. The summed E-state index contributed by atoms with van der Waals surface area (Å²) in [5, 5.41) is 3.00. The van der Waals surface area contributed by atoms with Crippen LogP contribution in [0.15, 0.2) is 55.0 Å². The molecule has 35 heavy (non-hydrogen) atoms. The van der Waals surface area contributed by atoms with Gasteiger partial charge in [-0.3, -0.25) is 9.69 Å². The van der Waals surface area contributed by atoms with Crippen molar-refractivity contribution in [1.82, 2.24) is 20.2 Å². The van der Waals surface area contributed by atoms with Crippen LogP contribution in [0.2, 0.25) is 0 Å². The van der Waals surface area contributed by atoms with Gasteiger partial charge in [0.15, 0.2) is 0 Å². The maximum atomic E-state index is 12.8. The summed E-state index contributed by atoms with van der Waals surface area (Å²) in [6.45, 7) is 9.57. The van der Waals surface area contributed by atoms with E-state index in [0.717, 1.165) is 36.6 Å². The van der Waals surface area contributed by atoms with Gasteiger partial charge in [-0.05, 0) is 40.8 Å². The molecule has 1 aliphatic rings. The molecule has 0 atom stereocenters. The Morgan fingerprint density at radius 3 is 2.86 bits per heavy atom. The second-order valence-electron chi connectivity index (χ2n) is 9.49. The highest BCUT2D eigenvalue weighted by molar-refractivity contribution is 5.94. The second-order valence-corrected chi connectivity index (χ2v) is 9.49. The van der Waals surface area contributed by atoms with Gasteiger partial charge in [0.2, 0.25) is 0 Å². The van der Waals surface area contributed by atoms with Crippen molar-refractivity contribution in [2.45, 2.75) is 33.2 Å². The van der Waals surface area contributed by atoms with Gasteiger partial charge < -0.3 is 19.8 Å². The third kappa shape index (κ3) is 7.67. The number of imidazole rings is 1. The van der Waals surface area contributed by atoms with E-state index in [2.05, 4.69) is 58.3 Å². The van der Waals surface area contributed by atoms with Crippen LogP contribution in [0.5, 0.6) is 5.75 Å². The normalized spacial score (nSPS) is 15.2. The first-order valence-corrected chi connectivity index (χ1v) is 12.5. The van der Waals surface area contributed by atoms with Gasteiger partial charge >= 0.3 is 0 Å². The van der Waals surface area contributed by atoms with Gasteiger partial charge in [0.25, 0.3) is 5.91 Å². The van der Waals surface area contributed by atoms with Crippen LogP contribution >= 0.6 is 0 Å². The molecule has 7 nitrogen and oxygen atoms in total. The maximum Gasteiger partial charge on any atom is 0.251 e. The number of fused-ring (bicyclic) bond motifs is 3. The zero-order valence-electron chi connectivity index (χ0n) is 20.8. The molecule has 1 amide bonds. The zero-order chi connectivity index (χ0) is 24.5. The van der Waals surface area contributed by atoms with E-state index in [9.17, 15) is 4.79 Å². The first-order chi connectivity index (χ1) is 17.1. The van der Waals surface area contributed by atoms with E-state index in [1.807, 2.05) is 18.2 Å². The highest BCUT2D eigenvalue weighted by Gasteiger charge is 2.14. The van der Waals surface area contributed by atoms with Crippen LogP contribution in [0.3, 0.4) is 0 Å². The Morgan fingerprint density at radius 1 is 1.14 bits per heavy atom. The zero-order valence-corrected chi connectivity index (χ0v) is 20.8. The van der Waals surface area contributed by atoms with Crippen LogP contribution < -0.4 is 10.1 Å². The number of H-pyrrole nitrogens is 1. The Kier molecular flexibility index (Phi) is 8.92. The van der Waals surface area contributed by atoms with E-state index < -0.39 is 0 Å². The Hall–Kier alpha value is -3.16. The summed E-state index contributed by atoms with van der Waals surface area (Å²) in [4.78, 5) is 22.3. The highest BCUT2D eigenvalue weighted by atomic mass is 16.5. The third-order valence-corrected chi connectivity index (χ3v) is 6.01. The topological polar surface area (TPSA) is 79.5 Å². The molecule has 3 aromatic rings. The van der Waals surface area contributed by atoms with Crippen LogP contribution in [-0.4, -0.2) is 60.2 Å². The van der Waals surface area contributed by atoms with Gasteiger partial charge in [0.1, 0.15) is 12.4 Å². The van der Waals surface area contributed by atoms with Gasteiger partial charge in [0, 0.05) is 56.5 Å². The standard InChI is InChI=1S/C28H36N4O3/c1-21(2)18-32-10-11-34-12-13-35-27-7-6-24(28(33)30-9-8-26-17-29-20-31-26)16-25(27)15-22-4-3-5-23(14-22)19-32/h3-7,14,16-17,20-21H,8-13,15,18-19H2,1-2H3,(H,29,31)(H,30,33). The van der Waals surface area contributed by atoms with Crippen molar-refractivity contribution in [3.05, 3.63) is 82.9 Å². The maximum absolute atomic E-state index is 12.8. The van der Waals surface area contributed by atoms with E-state index in [0.29, 0.717) is 50.7 Å². The molecule has 0 fully saturated rings. The first-order valence-electron chi connectivity index (χ1n) is 12.5. The minimum atomic E-state index is -0.0897. The van der Waals surface area contributed by atoms with Gasteiger partial charge in [-0.1, -0.05) is 38.1 Å². The number of hydrogen-bond donors (Lipinski definition) is 2. The molecule has 2 heterocycles. The molecular weight excluding hydrogens is 440 g/mol. The number of hydrogen-bond acceptors (Lipinski definition) is 5. The average Bonchev–Trinajstić information content (AvgIpc) is 3.35. The van der Waals surface area contributed by atoms with Gasteiger partial charge in [-0.15, -0.1) is 0 Å². The second kappa shape index (κ2) is 12.5. The van der Waals surface area contributed by atoms with E-state index in [1.165, 1.54) is 11.1 Å². The summed E-state index contributed by atoms with van der Waals surface area (Å²) in [6, 6.07) is 14.4. The smallest absolute Gasteiger partial charge is 0.251 e. The van der Waals surface area contributed by atoms with E-state index in [-0.39, 0.29) is 5.91 Å². The summed E-state index contributed by atoms with van der Waals surface area (Å²) < 4.78 is 11.9. The van der Waals surface area contributed by atoms with Crippen molar-refractivity contribution in [1.29, 1.82) is 0 Å². The number of ether oxygens (including phenoxy) is 2. The summed E-state index contributed by atoms with van der Waals surface area (Å²) in [5.41, 5.74) is 5.13. The molecule has 1 aromatic heterocycles. The first kappa shape index (κ1) is 24.9. The van der Waals surface area contributed by atoms with Gasteiger partial charge in [-0.2, -0.15) is 0 Å². The van der Waals surface area contributed by atoms with Crippen molar-refractivity contribution in [3.8, 4) is 5.75 Å². The third-order valence-electron chi connectivity index (χ3n) is 6.01. The number of rotatable bonds is 6. The minimum absolute atomic E-state index is 0.0897. The molecule has 0 saturated carbocycles. The lowest BCUT2D eigenvalue weighted by atomic mass is 9.99. The van der Waals surface area contributed by atoms with Crippen LogP contribution in [0.25, 0.3) is 0 Å². The average molecular weight is 477 g/mol. The van der Waals surface area contributed by atoms with Crippen molar-refractivity contribution < 1.29 is 14.3 Å². The number of nitrogens with one attached hydrogen (secondary N) is 2. The van der Waals surface area contributed by atoms with Crippen LogP contribution in [0, 0.1) is 5.92 Å². The Bertz CT molecular complexity index is 1080. The summed E-state index contributed by atoms with van der Waals surface area (Å²) in [7, 11) is 0. The minimum Gasteiger partial charge on any atom is -0.491 e. The van der Waals surface area contributed by atoms with Crippen molar-refractivity contribution >= 4 is 5.91 Å². The molecule has 0 saturated heterocycles. The quantitative estimate of drug-likeness (QED) is 0.565. The molecule has 1 aliphatic heterocycles. The molecule has 2 aromatic carbocycles. The fraction of sp³-hybridized carbons (Fsp3) is 0.429. The molecule has 0 radical (unpaired) electrons. The summed E-state index contributed by atoms with van der Waals surface area (Å²) in [6.07, 6.45) is 4.83. The number of nitrogens with zero attached hydrogens (tertiary/aromatic N) is 2. The largest absolute Gasteiger partial charge is 0.491 e. The molecule has 0 unspecified atom stereocenters. The fourth-order valence-electron chi connectivity index (χ4n) is 4.41. The van der Waals surface area contributed by atoms with E-state index >= 15 is 0 Å². The number of amides is 1. The van der Waals surface area contributed by atoms with Crippen molar-refractivity contribution in [2.75, 3.05) is 39.5 Å². The molecular formula is C28H36N4O3. The molecule has 0 spiro atoms. The highest BCUT2D eigenvalue weighted by Crippen LogP contribution is 2.25. The lowest BCUT2D eigenvalue weighted by Gasteiger charge is -2.25. The summed E-state index contributed by atoms with van der Waals surface area (Å²) in [5.74, 6) is 1.30. The lowest BCUT2D eigenvalue weighted by Crippen LogP contribution is -2.31. The van der Waals surface area contributed by atoms with Crippen LogP contribution in [0.4, 0.5) is 0 Å². The van der Waals surface area contributed by atoms with Gasteiger partial charge in [-0.25, -0.2) is 4.98 Å².